The van der Waals surface area contributed by atoms with Gasteiger partial charge in [0.15, 0.2) is 11.6 Å². The van der Waals surface area contributed by atoms with Crippen LogP contribution >= 0.6 is 0 Å². The Morgan fingerprint density at radius 3 is 2.52 bits per heavy atom. The topological polar surface area (TPSA) is 138 Å². The molecule has 1 atom stereocenters. The fourth-order valence-corrected chi connectivity index (χ4v) is 4.58. The van der Waals surface area contributed by atoms with Gasteiger partial charge in [-0.2, -0.15) is 10.2 Å². The maximum absolute atomic E-state index is 14.2. The zero-order chi connectivity index (χ0) is 30.0. The first kappa shape index (κ1) is 27.8. The molecule has 0 bridgehead atoms. The number of nitrogens with zero attached hydrogens (tertiary/aromatic N) is 7. The number of hydrogen-bond donors (Lipinski definition) is 2. The molecule has 5 rings (SSSR count). The maximum Gasteiger partial charge on any atom is 0.267 e. The normalized spacial score (nSPS) is 11.8. The van der Waals surface area contributed by atoms with Gasteiger partial charge in [0.2, 0.25) is 0 Å². The molecule has 3 heterocycles. The van der Waals surface area contributed by atoms with Gasteiger partial charge in [-0.1, -0.05) is 48.8 Å². The van der Waals surface area contributed by atoms with Crippen molar-refractivity contribution in [3.63, 3.8) is 0 Å². The van der Waals surface area contributed by atoms with Crippen molar-refractivity contribution < 1.29 is 4.79 Å². The quantitative estimate of drug-likeness (QED) is 0.241. The number of amides is 1. The van der Waals surface area contributed by atoms with Crippen molar-refractivity contribution in [1.29, 1.82) is 0 Å². The second-order valence-corrected chi connectivity index (χ2v) is 9.58. The smallest absolute Gasteiger partial charge is 0.267 e. The summed E-state index contributed by atoms with van der Waals surface area (Å²) in [5, 5.41) is 11.7. The highest BCUT2D eigenvalue weighted by molar-refractivity contribution is 6.03. The molecule has 11 nitrogen and oxygen atoms in total. The largest absolute Gasteiger partial charge is 0.381 e. The molecule has 210 valence electrons. The number of para-hydroxylation sites is 1. The predicted octanol–water partition coefficient (Wildman–Crippen LogP) is 3.52. The minimum Gasteiger partial charge on any atom is -0.381 e. The van der Waals surface area contributed by atoms with Gasteiger partial charge in [0.25, 0.3) is 11.5 Å². The maximum atomic E-state index is 14.2. The number of hydrogen-bond acceptors (Lipinski definition) is 7. The average Bonchev–Trinajstić information content (AvgIpc) is 3.45. The van der Waals surface area contributed by atoms with Crippen LogP contribution in [0.3, 0.4) is 0 Å². The summed E-state index contributed by atoms with van der Waals surface area (Å²) >= 11 is 0. The standard InChI is InChI=1S/C31H29N9O2/c1-6-17-33-29-26(27(32)37-39(29)5)30(41)35-19(2)28-36-24-14-10-11-21(15-16-22-18-34-38(4)20(22)3)25(24)31(42)40(28)23-12-8-7-9-13-23/h6-14,17-19H,1H2,2-5H3,(H2,32,37)(H,35,41)/b33-17-. The number of nitrogen functional groups attached to an aromatic ring is 1. The van der Waals surface area contributed by atoms with Crippen molar-refractivity contribution in [2.75, 3.05) is 5.73 Å². The molecule has 3 N–H and O–H groups in total. The van der Waals surface area contributed by atoms with Gasteiger partial charge in [0.05, 0.1) is 40.1 Å². The lowest BCUT2D eigenvalue weighted by Crippen LogP contribution is -2.33. The Labute approximate surface area is 242 Å². The summed E-state index contributed by atoms with van der Waals surface area (Å²) in [7, 11) is 3.49. The third kappa shape index (κ3) is 5.09. The number of carbonyl (C=O) groups is 1. The van der Waals surface area contributed by atoms with Crippen LogP contribution in [0.25, 0.3) is 16.6 Å². The van der Waals surface area contributed by atoms with E-state index in [1.807, 2.05) is 32.2 Å². The number of benzene rings is 2. The highest BCUT2D eigenvalue weighted by Crippen LogP contribution is 2.26. The molecule has 1 amide bonds. The summed E-state index contributed by atoms with van der Waals surface area (Å²) in [6.45, 7) is 7.30. The highest BCUT2D eigenvalue weighted by atomic mass is 16.2. The minimum atomic E-state index is -0.710. The average molecular weight is 560 g/mol. The monoisotopic (exact) mass is 559 g/mol. The molecule has 11 heteroatoms. The van der Waals surface area contributed by atoms with Crippen molar-refractivity contribution in [2.45, 2.75) is 19.9 Å². The lowest BCUT2D eigenvalue weighted by Gasteiger charge is -2.20. The van der Waals surface area contributed by atoms with E-state index in [1.165, 1.54) is 21.5 Å². The highest BCUT2D eigenvalue weighted by Gasteiger charge is 2.25. The van der Waals surface area contributed by atoms with Crippen LogP contribution < -0.4 is 16.6 Å². The van der Waals surface area contributed by atoms with Crippen LogP contribution in [0.4, 0.5) is 11.6 Å². The molecule has 0 saturated heterocycles. The van der Waals surface area contributed by atoms with Crippen LogP contribution in [-0.4, -0.2) is 41.2 Å². The number of aliphatic imine (C=N–C) groups is 1. The molecule has 2 aromatic carbocycles. The Balaban J connectivity index is 1.64. The molecule has 5 aromatic rings. The van der Waals surface area contributed by atoms with E-state index in [-0.39, 0.29) is 22.8 Å². The van der Waals surface area contributed by atoms with Gasteiger partial charge in [0.1, 0.15) is 11.4 Å². The molecule has 0 saturated carbocycles. The lowest BCUT2D eigenvalue weighted by atomic mass is 10.1. The Morgan fingerprint density at radius 1 is 1.10 bits per heavy atom. The van der Waals surface area contributed by atoms with Crippen molar-refractivity contribution in [3.05, 3.63) is 106 Å². The molecule has 3 aromatic heterocycles. The summed E-state index contributed by atoms with van der Waals surface area (Å²) in [5.74, 6) is 6.40. The molecular formula is C31H29N9O2. The van der Waals surface area contributed by atoms with Crippen LogP contribution in [0.1, 0.15) is 46.0 Å². The van der Waals surface area contributed by atoms with Crippen LogP contribution in [0.15, 0.2) is 77.2 Å². The van der Waals surface area contributed by atoms with Gasteiger partial charge in [-0.3, -0.25) is 18.8 Å². The summed E-state index contributed by atoms with van der Waals surface area (Å²) in [5.41, 5.74) is 9.13. The number of allylic oxidation sites excluding steroid dienone is 1. The first-order chi connectivity index (χ1) is 20.2. The molecule has 42 heavy (non-hydrogen) atoms. The van der Waals surface area contributed by atoms with E-state index >= 15 is 0 Å². The second-order valence-electron chi connectivity index (χ2n) is 9.58. The Hall–Kier alpha value is -5.76. The van der Waals surface area contributed by atoms with E-state index in [4.69, 9.17) is 10.7 Å². The van der Waals surface area contributed by atoms with Crippen molar-refractivity contribution in [1.82, 2.24) is 34.4 Å². The van der Waals surface area contributed by atoms with E-state index in [0.29, 0.717) is 28.0 Å². The number of rotatable bonds is 6. The molecule has 0 fully saturated rings. The first-order valence-corrected chi connectivity index (χ1v) is 13.1. The Kier molecular flexibility index (Phi) is 7.53. The van der Waals surface area contributed by atoms with Crippen LogP contribution in [0, 0.1) is 18.8 Å². The summed E-state index contributed by atoms with van der Waals surface area (Å²) in [4.78, 5) is 36.8. The molecule has 0 spiro atoms. The fourth-order valence-electron chi connectivity index (χ4n) is 4.58. The zero-order valence-electron chi connectivity index (χ0n) is 23.7. The Morgan fingerprint density at radius 2 is 1.83 bits per heavy atom. The third-order valence-electron chi connectivity index (χ3n) is 6.81. The molecule has 0 aliphatic carbocycles. The third-order valence-corrected chi connectivity index (χ3v) is 6.81. The van der Waals surface area contributed by atoms with Crippen molar-refractivity contribution in [2.24, 2.45) is 19.1 Å². The lowest BCUT2D eigenvalue weighted by molar-refractivity contribution is 0.0939. The summed E-state index contributed by atoms with van der Waals surface area (Å²) < 4.78 is 4.66. The molecule has 1 unspecified atom stereocenters. The van der Waals surface area contributed by atoms with E-state index < -0.39 is 11.9 Å². The first-order valence-electron chi connectivity index (χ1n) is 13.1. The van der Waals surface area contributed by atoms with Gasteiger partial charge in [-0.15, -0.1) is 0 Å². The van der Waals surface area contributed by atoms with Gasteiger partial charge in [0, 0.05) is 25.9 Å². The summed E-state index contributed by atoms with van der Waals surface area (Å²) in [6, 6.07) is 13.8. The van der Waals surface area contributed by atoms with Crippen LogP contribution in [0.2, 0.25) is 0 Å². The van der Waals surface area contributed by atoms with E-state index in [0.717, 1.165) is 11.3 Å². The number of aryl methyl sites for hydroxylation is 2. The van der Waals surface area contributed by atoms with E-state index in [2.05, 4.69) is 38.9 Å². The number of fused-ring (bicyclic) bond motifs is 1. The summed E-state index contributed by atoms with van der Waals surface area (Å²) in [6.07, 6.45) is 4.63. The number of carbonyl (C=O) groups excluding carboxylic acids is 1. The van der Waals surface area contributed by atoms with Gasteiger partial charge >= 0.3 is 0 Å². The second kappa shape index (κ2) is 11.4. The van der Waals surface area contributed by atoms with Gasteiger partial charge in [-0.05, 0) is 38.1 Å². The number of aromatic nitrogens is 6. The van der Waals surface area contributed by atoms with Gasteiger partial charge < -0.3 is 11.1 Å². The van der Waals surface area contributed by atoms with Crippen LogP contribution in [0.5, 0.6) is 0 Å². The zero-order valence-corrected chi connectivity index (χ0v) is 23.7. The number of nitrogens with one attached hydrogen (secondary N) is 1. The predicted molar refractivity (Wildman–Crippen MR) is 163 cm³/mol. The van der Waals surface area contributed by atoms with E-state index in [1.54, 1.807) is 55.2 Å². The molecule has 0 aliphatic rings. The van der Waals surface area contributed by atoms with Crippen molar-refractivity contribution >= 4 is 34.7 Å². The molecular weight excluding hydrogens is 530 g/mol. The van der Waals surface area contributed by atoms with Crippen molar-refractivity contribution in [3.8, 4) is 17.5 Å². The van der Waals surface area contributed by atoms with Gasteiger partial charge in [-0.25, -0.2) is 14.7 Å². The van der Waals surface area contributed by atoms with Crippen LogP contribution in [-0.2, 0) is 14.1 Å². The SMILES string of the molecule is C=C/C=N\c1c(C(=O)NC(C)c2nc3cccc(C#Cc4cnn(C)c4C)c3c(=O)n2-c2ccccc2)c(N)nn1C. The minimum absolute atomic E-state index is 0.0254. The Bertz CT molecular complexity index is 1990. The molecule has 0 radical (unpaired) electrons. The fraction of sp³-hybridized carbons (Fsp3) is 0.161. The number of anilines is 1. The van der Waals surface area contributed by atoms with E-state index in [9.17, 15) is 9.59 Å². The molecule has 0 aliphatic heterocycles. The number of nitrogens with two attached hydrogens (primary N) is 1.